The molecule has 1 aliphatic rings. The van der Waals surface area contributed by atoms with Gasteiger partial charge in [-0.3, -0.25) is 9.69 Å². The smallest absolute Gasteiger partial charge is 0.227 e. The van der Waals surface area contributed by atoms with Gasteiger partial charge in [0.2, 0.25) is 5.91 Å². The molecule has 1 fully saturated rings. The second kappa shape index (κ2) is 6.62. The van der Waals surface area contributed by atoms with Crippen molar-refractivity contribution in [2.75, 3.05) is 32.0 Å². The summed E-state index contributed by atoms with van der Waals surface area (Å²) in [6.45, 7) is 7.15. The molecule has 1 aromatic heterocycles. The Labute approximate surface area is 131 Å². The zero-order valence-electron chi connectivity index (χ0n) is 12.9. The number of carbonyl (C=O) groups excluding carboxylic acids is 1. The maximum Gasteiger partial charge on any atom is 0.227 e. The van der Waals surface area contributed by atoms with E-state index in [0.29, 0.717) is 11.6 Å². The molecular formula is C15H23ClN4O. The summed E-state index contributed by atoms with van der Waals surface area (Å²) in [5.74, 6) is 0.940. The highest BCUT2D eigenvalue weighted by atomic mass is 35.5. The molecule has 0 aromatic carbocycles. The van der Waals surface area contributed by atoms with E-state index in [1.54, 1.807) is 7.05 Å². The molecule has 0 spiro atoms. The van der Waals surface area contributed by atoms with Gasteiger partial charge in [-0.2, -0.15) is 0 Å². The molecule has 0 radical (unpaired) electrons. The lowest BCUT2D eigenvalue weighted by Gasteiger charge is -2.23. The molecule has 1 aromatic rings. The molecule has 2 heterocycles. The van der Waals surface area contributed by atoms with E-state index in [1.807, 2.05) is 26.0 Å². The zero-order chi connectivity index (χ0) is 15.5. The first kappa shape index (κ1) is 16.0. The van der Waals surface area contributed by atoms with Crippen molar-refractivity contribution >= 4 is 23.3 Å². The Bertz CT molecular complexity index is 522. The second-order valence-electron chi connectivity index (χ2n) is 5.76. The molecule has 21 heavy (non-hydrogen) atoms. The van der Waals surface area contributed by atoms with Gasteiger partial charge in [-0.15, -0.1) is 0 Å². The van der Waals surface area contributed by atoms with Gasteiger partial charge in [0.15, 0.2) is 0 Å². The van der Waals surface area contributed by atoms with Gasteiger partial charge >= 0.3 is 0 Å². The number of hydrogen-bond acceptors (Lipinski definition) is 4. The third kappa shape index (κ3) is 3.66. The highest BCUT2D eigenvalue weighted by Crippen LogP contribution is 2.31. The summed E-state index contributed by atoms with van der Waals surface area (Å²) in [6, 6.07) is 3.75. The molecule has 0 saturated carbocycles. The Hall–Kier alpha value is -1.33. The van der Waals surface area contributed by atoms with Crippen LogP contribution in [0.4, 0.5) is 5.82 Å². The molecule has 1 atom stereocenters. The van der Waals surface area contributed by atoms with Crippen LogP contribution in [-0.4, -0.2) is 42.5 Å². The maximum absolute atomic E-state index is 12.0. The fourth-order valence-electron chi connectivity index (χ4n) is 2.77. The lowest BCUT2D eigenvalue weighted by molar-refractivity contribution is -0.129. The Morgan fingerprint density at radius 2 is 2.29 bits per heavy atom. The lowest BCUT2D eigenvalue weighted by Crippen LogP contribution is -2.39. The summed E-state index contributed by atoms with van der Waals surface area (Å²) in [5.41, 5.74) is 0.539. The van der Waals surface area contributed by atoms with Crippen molar-refractivity contribution in [3.05, 3.63) is 22.8 Å². The quantitative estimate of drug-likeness (QED) is 0.875. The second-order valence-corrected chi connectivity index (χ2v) is 6.16. The summed E-state index contributed by atoms with van der Waals surface area (Å²) in [4.78, 5) is 18.7. The first-order valence-electron chi connectivity index (χ1n) is 7.32. The van der Waals surface area contributed by atoms with Crippen LogP contribution in [-0.2, 0) is 11.3 Å². The SMILES string of the molecule is CCNc1ccc(Cl)c(CN2CCC(C)(C(=O)NC)C2)n1. The molecule has 6 heteroatoms. The van der Waals surface area contributed by atoms with E-state index >= 15 is 0 Å². The van der Waals surface area contributed by atoms with Crippen molar-refractivity contribution in [3.63, 3.8) is 0 Å². The molecule has 5 nitrogen and oxygen atoms in total. The number of likely N-dealkylation sites (tertiary alicyclic amines) is 1. The van der Waals surface area contributed by atoms with Crippen molar-refractivity contribution in [2.45, 2.75) is 26.8 Å². The molecular weight excluding hydrogens is 288 g/mol. The molecule has 116 valence electrons. The number of nitrogens with zero attached hydrogens (tertiary/aromatic N) is 2. The highest BCUT2D eigenvalue weighted by Gasteiger charge is 2.39. The summed E-state index contributed by atoms with van der Waals surface area (Å²) in [5, 5.41) is 6.61. The number of halogens is 1. The minimum absolute atomic E-state index is 0.102. The average Bonchev–Trinajstić information content (AvgIpc) is 2.84. The number of anilines is 1. The van der Waals surface area contributed by atoms with Crippen LogP contribution < -0.4 is 10.6 Å². The Balaban J connectivity index is 2.06. The number of rotatable bonds is 5. The van der Waals surface area contributed by atoms with Gasteiger partial charge in [0, 0.05) is 26.7 Å². The van der Waals surface area contributed by atoms with E-state index < -0.39 is 0 Å². The molecule has 1 saturated heterocycles. The van der Waals surface area contributed by atoms with E-state index in [9.17, 15) is 4.79 Å². The topological polar surface area (TPSA) is 57.3 Å². The van der Waals surface area contributed by atoms with Crippen LogP contribution in [0.25, 0.3) is 0 Å². The summed E-state index contributed by atoms with van der Waals surface area (Å²) in [7, 11) is 1.69. The predicted octanol–water partition coefficient (Wildman–Crippen LogP) is 2.12. The Kier molecular flexibility index (Phi) is 5.06. The first-order valence-corrected chi connectivity index (χ1v) is 7.70. The van der Waals surface area contributed by atoms with Crippen molar-refractivity contribution in [1.29, 1.82) is 0 Å². The minimum atomic E-state index is -0.319. The number of carbonyl (C=O) groups is 1. The van der Waals surface area contributed by atoms with Crippen LogP contribution in [0.1, 0.15) is 26.0 Å². The van der Waals surface area contributed by atoms with Gasteiger partial charge in [0.05, 0.1) is 16.1 Å². The third-order valence-electron chi connectivity index (χ3n) is 3.98. The van der Waals surface area contributed by atoms with Gasteiger partial charge in [-0.05, 0) is 38.9 Å². The molecule has 1 unspecified atom stereocenters. The van der Waals surface area contributed by atoms with E-state index in [1.165, 1.54) is 0 Å². The lowest BCUT2D eigenvalue weighted by atomic mass is 9.89. The van der Waals surface area contributed by atoms with Gasteiger partial charge in [0.1, 0.15) is 5.82 Å². The monoisotopic (exact) mass is 310 g/mol. The van der Waals surface area contributed by atoms with E-state index in [-0.39, 0.29) is 11.3 Å². The molecule has 0 bridgehead atoms. The fraction of sp³-hybridized carbons (Fsp3) is 0.600. The number of amides is 1. The highest BCUT2D eigenvalue weighted by molar-refractivity contribution is 6.31. The molecule has 0 aliphatic carbocycles. The molecule has 2 rings (SSSR count). The largest absolute Gasteiger partial charge is 0.370 e. The molecule has 1 amide bonds. The van der Waals surface area contributed by atoms with Crippen molar-refractivity contribution in [2.24, 2.45) is 5.41 Å². The van der Waals surface area contributed by atoms with Crippen molar-refractivity contribution in [1.82, 2.24) is 15.2 Å². The van der Waals surface area contributed by atoms with Crippen molar-refractivity contribution in [3.8, 4) is 0 Å². The van der Waals surface area contributed by atoms with Crippen LogP contribution in [0.2, 0.25) is 5.02 Å². The van der Waals surface area contributed by atoms with Crippen LogP contribution >= 0.6 is 11.6 Å². The number of aromatic nitrogens is 1. The predicted molar refractivity (Wildman–Crippen MR) is 85.5 cm³/mol. The van der Waals surface area contributed by atoms with Gasteiger partial charge in [0.25, 0.3) is 0 Å². The van der Waals surface area contributed by atoms with Gasteiger partial charge in [-0.1, -0.05) is 11.6 Å². The van der Waals surface area contributed by atoms with Gasteiger partial charge in [-0.25, -0.2) is 4.98 Å². The standard InChI is InChI=1S/C15H23ClN4O/c1-4-18-13-6-5-11(16)12(19-13)9-20-8-7-15(2,10-20)14(21)17-3/h5-6H,4,7-10H2,1-3H3,(H,17,21)(H,18,19). The number of nitrogens with one attached hydrogen (secondary N) is 2. The summed E-state index contributed by atoms with van der Waals surface area (Å²) >= 11 is 6.24. The van der Waals surface area contributed by atoms with E-state index in [0.717, 1.165) is 37.6 Å². The fourth-order valence-corrected chi connectivity index (χ4v) is 2.93. The minimum Gasteiger partial charge on any atom is -0.370 e. The first-order chi connectivity index (χ1) is 9.98. The average molecular weight is 311 g/mol. The van der Waals surface area contributed by atoms with E-state index in [4.69, 9.17) is 11.6 Å². The number of hydrogen-bond donors (Lipinski definition) is 2. The molecule has 2 N–H and O–H groups in total. The summed E-state index contributed by atoms with van der Waals surface area (Å²) in [6.07, 6.45) is 0.858. The van der Waals surface area contributed by atoms with Crippen LogP contribution in [0.3, 0.4) is 0 Å². The van der Waals surface area contributed by atoms with Crippen LogP contribution in [0.15, 0.2) is 12.1 Å². The summed E-state index contributed by atoms with van der Waals surface area (Å²) < 4.78 is 0. The Morgan fingerprint density at radius 3 is 2.95 bits per heavy atom. The van der Waals surface area contributed by atoms with Gasteiger partial charge < -0.3 is 10.6 Å². The normalized spacial score (nSPS) is 22.3. The third-order valence-corrected chi connectivity index (χ3v) is 4.32. The zero-order valence-corrected chi connectivity index (χ0v) is 13.6. The van der Waals surface area contributed by atoms with Crippen molar-refractivity contribution < 1.29 is 4.79 Å². The maximum atomic E-state index is 12.0. The number of pyridine rings is 1. The van der Waals surface area contributed by atoms with Crippen LogP contribution in [0, 0.1) is 5.41 Å². The van der Waals surface area contributed by atoms with Crippen LogP contribution in [0.5, 0.6) is 0 Å². The molecule has 1 aliphatic heterocycles. The van der Waals surface area contributed by atoms with E-state index in [2.05, 4.69) is 20.5 Å². The Morgan fingerprint density at radius 1 is 1.52 bits per heavy atom.